The van der Waals surface area contributed by atoms with Crippen molar-refractivity contribution in [2.75, 3.05) is 52.5 Å². The molecule has 0 bridgehead atoms. The molecule has 22 heavy (non-hydrogen) atoms. The van der Waals surface area contributed by atoms with Crippen LogP contribution in [-0.4, -0.2) is 68.2 Å². The maximum atomic E-state index is 12.3. The van der Waals surface area contributed by atoms with Crippen molar-refractivity contribution in [2.24, 2.45) is 5.92 Å². The predicted molar refractivity (Wildman–Crippen MR) is 83.9 cm³/mol. The Morgan fingerprint density at radius 3 is 2.64 bits per heavy atom. The van der Waals surface area contributed by atoms with E-state index in [1.807, 2.05) is 6.07 Å². The summed E-state index contributed by atoms with van der Waals surface area (Å²) in [5.74, 6) is 0.526. The molecule has 0 aliphatic carbocycles. The second-order valence-corrected chi connectivity index (χ2v) is 6.05. The third-order valence-corrected chi connectivity index (χ3v) is 4.34. The maximum Gasteiger partial charge on any atom is 0.265 e. The molecule has 0 unspecified atom stereocenters. The molecule has 0 atom stereocenters. The van der Waals surface area contributed by atoms with E-state index in [1.54, 1.807) is 11.1 Å². The van der Waals surface area contributed by atoms with Gasteiger partial charge in [-0.05, 0) is 18.8 Å². The standard InChI is InChI=1S/C16H26N4O2/c1-14-2-5-20(6-3-14)16(21)15(12-17)13-18-4-7-19-8-10-22-11-9-19/h13-14,18H,2-11H2,1H3/b15-13-. The Labute approximate surface area is 132 Å². The van der Waals surface area contributed by atoms with E-state index in [-0.39, 0.29) is 11.5 Å². The molecule has 2 rings (SSSR count). The number of likely N-dealkylation sites (tertiary alicyclic amines) is 1. The first-order valence-corrected chi connectivity index (χ1v) is 8.13. The molecule has 2 aliphatic rings. The zero-order valence-electron chi connectivity index (χ0n) is 13.4. The Kier molecular flexibility index (Phi) is 6.69. The summed E-state index contributed by atoms with van der Waals surface area (Å²) < 4.78 is 5.30. The van der Waals surface area contributed by atoms with Gasteiger partial charge in [0.15, 0.2) is 0 Å². The lowest BCUT2D eigenvalue weighted by Gasteiger charge is -2.30. The lowest BCUT2D eigenvalue weighted by molar-refractivity contribution is -0.128. The van der Waals surface area contributed by atoms with Crippen LogP contribution in [0.3, 0.4) is 0 Å². The summed E-state index contributed by atoms with van der Waals surface area (Å²) in [6.07, 6.45) is 3.62. The van der Waals surface area contributed by atoms with Gasteiger partial charge in [0.1, 0.15) is 11.6 Å². The molecule has 2 saturated heterocycles. The Morgan fingerprint density at radius 1 is 1.32 bits per heavy atom. The summed E-state index contributed by atoms with van der Waals surface area (Å²) in [7, 11) is 0. The molecule has 1 amide bonds. The van der Waals surface area contributed by atoms with Gasteiger partial charge < -0.3 is 15.0 Å². The van der Waals surface area contributed by atoms with E-state index in [9.17, 15) is 10.1 Å². The van der Waals surface area contributed by atoms with Crippen LogP contribution >= 0.6 is 0 Å². The van der Waals surface area contributed by atoms with Crippen molar-refractivity contribution >= 4 is 5.91 Å². The molecule has 0 saturated carbocycles. The summed E-state index contributed by atoms with van der Waals surface area (Å²) in [5.41, 5.74) is 0.205. The summed E-state index contributed by atoms with van der Waals surface area (Å²) in [6, 6.07) is 2.02. The molecule has 1 N–H and O–H groups in total. The van der Waals surface area contributed by atoms with Gasteiger partial charge in [-0.2, -0.15) is 5.26 Å². The average molecular weight is 306 g/mol. The molecule has 0 aromatic rings. The molecule has 2 fully saturated rings. The van der Waals surface area contributed by atoms with Gasteiger partial charge in [0.05, 0.1) is 13.2 Å². The number of carbonyl (C=O) groups is 1. The highest BCUT2D eigenvalue weighted by Gasteiger charge is 2.22. The highest BCUT2D eigenvalue weighted by atomic mass is 16.5. The number of hydrogen-bond donors (Lipinski definition) is 1. The van der Waals surface area contributed by atoms with Crippen LogP contribution in [0.4, 0.5) is 0 Å². The zero-order valence-corrected chi connectivity index (χ0v) is 13.4. The van der Waals surface area contributed by atoms with Crippen LogP contribution in [-0.2, 0) is 9.53 Å². The average Bonchev–Trinajstić information content (AvgIpc) is 2.56. The molecule has 2 aliphatic heterocycles. The van der Waals surface area contributed by atoms with Crippen LogP contribution < -0.4 is 5.32 Å². The number of piperidine rings is 1. The monoisotopic (exact) mass is 306 g/mol. The second-order valence-electron chi connectivity index (χ2n) is 6.05. The zero-order chi connectivity index (χ0) is 15.8. The predicted octanol–water partition coefficient (Wildman–Crippen LogP) is 0.574. The first-order valence-electron chi connectivity index (χ1n) is 8.13. The molecule has 6 nitrogen and oxygen atoms in total. The molecule has 0 aromatic heterocycles. The van der Waals surface area contributed by atoms with Crippen molar-refractivity contribution in [2.45, 2.75) is 19.8 Å². The van der Waals surface area contributed by atoms with E-state index in [1.165, 1.54) is 0 Å². The summed E-state index contributed by atoms with van der Waals surface area (Å²) in [5, 5.41) is 12.3. The van der Waals surface area contributed by atoms with E-state index >= 15 is 0 Å². The van der Waals surface area contributed by atoms with Gasteiger partial charge in [-0.1, -0.05) is 6.92 Å². The van der Waals surface area contributed by atoms with Crippen molar-refractivity contribution in [1.82, 2.24) is 15.1 Å². The highest BCUT2D eigenvalue weighted by molar-refractivity contribution is 5.97. The Bertz CT molecular complexity index is 430. The number of ether oxygens (including phenoxy) is 1. The third-order valence-electron chi connectivity index (χ3n) is 4.34. The quantitative estimate of drug-likeness (QED) is 0.457. The largest absolute Gasteiger partial charge is 0.388 e. The van der Waals surface area contributed by atoms with Gasteiger partial charge in [-0.15, -0.1) is 0 Å². The Hall–Kier alpha value is -1.58. The molecule has 0 spiro atoms. The molecule has 0 aromatic carbocycles. The lowest BCUT2D eigenvalue weighted by atomic mass is 9.99. The second kappa shape index (κ2) is 8.76. The minimum Gasteiger partial charge on any atom is -0.388 e. The minimum absolute atomic E-state index is 0.145. The fraction of sp³-hybridized carbons (Fsp3) is 0.750. The Morgan fingerprint density at radius 2 is 2.00 bits per heavy atom. The van der Waals surface area contributed by atoms with Crippen molar-refractivity contribution in [3.05, 3.63) is 11.8 Å². The molecule has 2 heterocycles. The molecule has 6 heteroatoms. The first-order chi connectivity index (χ1) is 10.7. The SMILES string of the molecule is CC1CCN(C(=O)/C(C#N)=C\NCCN2CCOCC2)CC1. The van der Waals surface area contributed by atoms with Gasteiger partial charge >= 0.3 is 0 Å². The van der Waals surface area contributed by atoms with Crippen LogP contribution in [0.2, 0.25) is 0 Å². The smallest absolute Gasteiger partial charge is 0.265 e. The topological polar surface area (TPSA) is 68.6 Å². The molecule has 122 valence electrons. The number of carbonyl (C=O) groups excluding carboxylic acids is 1. The molecular formula is C16H26N4O2. The van der Waals surface area contributed by atoms with E-state index < -0.39 is 0 Å². The number of nitrogens with zero attached hydrogens (tertiary/aromatic N) is 3. The van der Waals surface area contributed by atoms with Gasteiger partial charge in [-0.25, -0.2) is 0 Å². The van der Waals surface area contributed by atoms with Crippen LogP contribution in [0.15, 0.2) is 11.8 Å². The fourth-order valence-electron chi connectivity index (χ4n) is 2.75. The molecular weight excluding hydrogens is 280 g/mol. The van der Waals surface area contributed by atoms with Crippen molar-refractivity contribution in [3.63, 3.8) is 0 Å². The number of nitriles is 1. The van der Waals surface area contributed by atoms with E-state index in [4.69, 9.17) is 4.74 Å². The maximum absolute atomic E-state index is 12.3. The summed E-state index contributed by atoms with van der Waals surface area (Å²) >= 11 is 0. The Balaban J connectivity index is 1.75. The summed E-state index contributed by atoms with van der Waals surface area (Å²) in [6.45, 7) is 8.80. The van der Waals surface area contributed by atoms with Crippen LogP contribution in [0.1, 0.15) is 19.8 Å². The summed E-state index contributed by atoms with van der Waals surface area (Å²) in [4.78, 5) is 16.4. The first kappa shape index (κ1) is 16.8. The van der Waals surface area contributed by atoms with Crippen molar-refractivity contribution in [1.29, 1.82) is 5.26 Å². The fourth-order valence-corrected chi connectivity index (χ4v) is 2.75. The minimum atomic E-state index is -0.145. The van der Waals surface area contributed by atoms with E-state index in [2.05, 4.69) is 17.1 Å². The highest BCUT2D eigenvalue weighted by Crippen LogP contribution is 2.17. The molecule has 0 radical (unpaired) electrons. The number of rotatable bonds is 5. The van der Waals surface area contributed by atoms with Crippen LogP contribution in [0.25, 0.3) is 0 Å². The van der Waals surface area contributed by atoms with E-state index in [0.29, 0.717) is 5.92 Å². The van der Waals surface area contributed by atoms with Crippen molar-refractivity contribution < 1.29 is 9.53 Å². The lowest BCUT2D eigenvalue weighted by Crippen LogP contribution is -2.40. The number of morpholine rings is 1. The van der Waals surface area contributed by atoms with E-state index in [0.717, 1.165) is 65.3 Å². The third kappa shape index (κ3) is 5.00. The van der Waals surface area contributed by atoms with Crippen LogP contribution in [0, 0.1) is 17.2 Å². The van der Waals surface area contributed by atoms with Gasteiger partial charge in [-0.3, -0.25) is 9.69 Å². The van der Waals surface area contributed by atoms with Gasteiger partial charge in [0, 0.05) is 45.5 Å². The van der Waals surface area contributed by atoms with Gasteiger partial charge in [0.25, 0.3) is 5.91 Å². The van der Waals surface area contributed by atoms with Crippen molar-refractivity contribution in [3.8, 4) is 6.07 Å². The number of nitrogens with one attached hydrogen (secondary N) is 1. The number of hydrogen-bond acceptors (Lipinski definition) is 5. The normalized spacial score (nSPS) is 21.5. The van der Waals surface area contributed by atoms with Crippen LogP contribution in [0.5, 0.6) is 0 Å². The number of amides is 1. The van der Waals surface area contributed by atoms with Gasteiger partial charge in [0.2, 0.25) is 0 Å².